The first-order valence-electron chi connectivity index (χ1n) is 10.6. The fourth-order valence-corrected chi connectivity index (χ4v) is 5.05. The second kappa shape index (κ2) is 8.78. The number of nitrogens with one attached hydrogen (secondary N) is 2. The van der Waals surface area contributed by atoms with Gasteiger partial charge < -0.3 is 15.2 Å². The number of rotatable bonds is 5. The molecule has 0 aliphatic carbocycles. The molecule has 0 saturated heterocycles. The lowest BCUT2D eigenvalue weighted by molar-refractivity contribution is -0.115. The number of benzene rings is 1. The van der Waals surface area contributed by atoms with Gasteiger partial charge >= 0.3 is 0 Å². The minimum atomic E-state index is -0.382. The molecule has 3 aromatic heterocycles. The van der Waals surface area contributed by atoms with E-state index in [2.05, 4.69) is 20.8 Å². The van der Waals surface area contributed by atoms with Gasteiger partial charge in [0.15, 0.2) is 0 Å². The molecule has 1 aromatic carbocycles. The summed E-state index contributed by atoms with van der Waals surface area (Å²) >= 11 is 1.67. The third kappa shape index (κ3) is 4.52. The average Bonchev–Trinajstić information content (AvgIpc) is 3.29. The van der Waals surface area contributed by atoms with Crippen LogP contribution in [0.4, 0.5) is 5.69 Å². The maximum atomic E-state index is 13.1. The number of nitrogens with zero attached hydrogens (tertiary/aromatic N) is 2. The predicted molar refractivity (Wildman–Crippen MR) is 131 cm³/mol. The minimum Gasteiger partial charge on any atom is -0.343 e. The third-order valence-electron chi connectivity index (χ3n) is 5.53. The quantitative estimate of drug-likeness (QED) is 0.426. The van der Waals surface area contributed by atoms with E-state index in [1.165, 1.54) is 0 Å². The van der Waals surface area contributed by atoms with Gasteiger partial charge in [-0.05, 0) is 64.8 Å². The highest BCUT2D eigenvalue weighted by Crippen LogP contribution is 2.32. The molecule has 4 rings (SSSR count). The van der Waals surface area contributed by atoms with E-state index in [4.69, 9.17) is 4.52 Å². The van der Waals surface area contributed by atoms with Crippen LogP contribution in [0.5, 0.6) is 0 Å². The van der Waals surface area contributed by atoms with Crippen molar-refractivity contribution in [3.8, 4) is 11.3 Å². The van der Waals surface area contributed by atoms with Gasteiger partial charge in [-0.2, -0.15) is 0 Å². The fourth-order valence-electron chi connectivity index (χ4n) is 4.11. The number of aryl methyl sites for hydroxylation is 6. The molecule has 0 spiro atoms. The molecular weight excluding hydrogens is 436 g/mol. The molecule has 0 radical (unpaired) electrons. The Labute approximate surface area is 196 Å². The van der Waals surface area contributed by atoms with Crippen LogP contribution in [0.1, 0.15) is 42.5 Å². The Morgan fingerprint density at radius 2 is 1.70 bits per heavy atom. The van der Waals surface area contributed by atoms with E-state index in [0.29, 0.717) is 28.1 Å². The number of carbonyl (C=O) groups is 2. The van der Waals surface area contributed by atoms with Gasteiger partial charge in [-0.25, -0.2) is 4.98 Å². The summed E-state index contributed by atoms with van der Waals surface area (Å²) < 4.78 is 5.37. The molecular formula is C25H26N4O3S. The van der Waals surface area contributed by atoms with Crippen LogP contribution in [0, 0.1) is 41.5 Å². The topological polar surface area (TPSA) is 97.1 Å². The Morgan fingerprint density at radius 1 is 1.00 bits per heavy atom. The van der Waals surface area contributed by atoms with Crippen LogP contribution >= 0.6 is 11.3 Å². The second-order valence-corrected chi connectivity index (χ2v) is 9.80. The van der Waals surface area contributed by atoms with Gasteiger partial charge in [0, 0.05) is 21.0 Å². The van der Waals surface area contributed by atoms with E-state index in [1.54, 1.807) is 24.3 Å². The summed E-state index contributed by atoms with van der Waals surface area (Å²) in [6.07, 6.45) is 0. The summed E-state index contributed by atoms with van der Waals surface area (Å²) in [7, 11) is 0. The third-order valence-corrected chi connectivity index (χ3v) is 6.50. The number of hydrogen-bond acceptors (Lipinski definition) is 6. The normalized spacial score (nSPS) is 11.1. The van der Waals surface area contributed by atoms with Gasteiger partial charge in [-0.1, -0.05) is 22.9 Å². The molecule has 33 heavy (non-hydrogen) atoms. The highest BCUT2D eigenvalue weighted by Gasteiger charge is 2.21. The Morgan fingerprint density at radius 3 is 2.33 bits per heavy atom. The van der Waals surface area contributed by atoms with Gasteiger partial charge in [0.2, 0.25) is 5.91 Å². The molecule has 0 aliphatic heterocycles. The predicted octanol–water partition coefficient (Wildman–Crippen LogP) is 5.17. The number of carbonyl (C=O) groups excluding carboxylic acids is 2. The molecule has 170 valence electrons. The Kier molecular flexibility index (Phi) is 6.03. The van der Waals surface area contributed by atoms with Crippen molar-refractivity contribution < 1.29 is 14.1 Å². The maximum absolute atomic E-state index is 13.1. The van der Waals surface area contributed by atoms with Crippen molar-refractivity contribution in [2.24, 2.45) is 0 Å². The summed E-state index contributed by atoms with van der Waals surface area (Å²) in [6.45, 7) is 11.6. The monoisotopic (exact) mass is 462 g/mol. The molecule has 8 heteroatoms. The molecule has 7 nitrogen and oxygen atoms in total. The first-order valence-corrected chi connectivity index (χ1v) is 11.5. The standard InChI is InChI=1S/C25H26N4O3S/c1-12-7-13(2)23(14(3)8-12)28-21(30)11-26-24(31)19-10-20(18-9-15(4)33-17(18)6)27-25-22(19)16(5)29-32-25/h7-10H,11H2,1-6H3,(H,26,31)(H,28,30). The number of fused-ring (bicyclic) bond motifs is 1. The number of thiophene rings is 1. The second-order valence-electron chi connectivity index (χ2n) is 8.33. The van der Waals surface area contributed by atoms with Gasteiger partial charge in [0.1, 0.15) is 0 Å². The molecule has 0 aliphatic rings. The molecule has 4 aromatic rings. The zero-order chi connectivity index (χ0) is 23.9. The number of amides is 2. The first kappa shape index (κ1) is 22.7. The van der Waals surface area contributed by atoms with E-state index in [-0.39, 0.29) is 18.4 Å². The molecule has 0 saturated carbocycles. The largest absolute Gasteiger partial charge is 0.343 e. The molecule has 3 heterocycles. The summed E-state index contributed by atoms with van der Waals surface area (Å²) in [6, 6.07) is 7.81. The highest BCUT2D eigenvalue weighted by molar-refractivity contribution is 7.12. The van der Waals surface area contributed by atoms with Gasteiger partial charge in [-0.15, -0.1) is 11.3 Å². The van der Waals surface area contributed by atoms with Crippen LogP contribution in [0.25, 0.3) is 22.4 Å². The summed E-state index contributed by atoms with van der Waals surface area (Å²) in [5.41, 5.74) is 6.71. The van der Waals surface area contributed by atoms with Crippen molar-refractivity contribution in [3.63, 3.8) is 0 Å². The van der Waals surface area contributed by atoms with Crippen molar-refractivity contribution in [1.82, 2.24) is 15.5 Å². The van der Waals surface area contributed by atoms with Crippen molar-refractivity contribution in [1.29, 1.82) is 0 Å². The molecule has 2 N–H and O–H groups in total. The Balaban J connectivity index is 1.58. The number of aromatic nitrogens is 2. The zero-order valence-corrected chi connectivity index (χ0v) is 20.4. The van der Waals surface area contributed by atoms with E-state index in [9.17, 15) is 9.59 Å². The number of anilines is 1. The van der Waals surface area contributed by atoms with Gasteiger partial charge in [-0.3, -0.25) is 9.59 Å². The van der Waals surface area contributed by atoms with Crippen molar-refractivity contribution in [2.45, 2.75) is 41.5 Å². The lowest BCUT2D eigenvalue weighted by Crippen LogP contribution is -2.33. The van der Waals surface area contributed by atoms with E-state index >= 15 is 0 Å². The Bertz CT molecular complexity index is 1380. The summed E-state index contributed by atoms with van der Waals surface area (Å²) in [4.78, 5) is 32.6. The lowest BCUT2D eigenvalue weighted by atomic mass is 10.0. The highest BCUT2D eigenvalue weighted by atomic mass is 32.1. The smallest absolute Gasteiger partial charge is 0.259 e. The summed E-state index contributed by atoms with van der Waals surface area (Å²) in [5, 5.41) is 10.2. The fraction of sp³-hybridized carbons (Fsp3) is 0.280. The van der Waals surface area contributed by atoms with Crippen LogP contribution in [0.15, 0.2) is 28.8 Å². The summed E-state index contributed by atoms with van der Waals surface area (Å²) in [5.74, 6) is -0.678. The molecule has 0 fully saturated rings. The van der Waals surface area contributed by atoms with Crippen LogP contribution in [0.3, 0.4) is 0 Å². The number of hydrogen-bond donors (Lipinski definition) is 2. The first-order chi connectivity index (χ1) is 15.6. The van der Waals surface area contributed by atoms with Gasteiger partial charge in [0.05, 0.1) is 28.9 Å². The van der Waals surface area contributed by atoms with Gasteiger partial charge in [0.25, 0.3) is 11.6 Å². The average molecular weight is 463 g/mol. The van der Waals surface area contributed by atoms with Crippen molar-refractivity contribution in [2.75, 3.05) is 11.9 Å². The lowest BCUT2D eigenvalue weighted by Gasteiger charge is -2.13. The van der Waals surface area contributed by atoms with Crippen LogP contribution in [-0.2, 0) is 4.79 Å². The maximum Gasteiger partial charge on any atom is 0.259 e. The Hall–Kier alpha value is -3.52. The van der Waals surface area contributed by atoms with E-state index < -0.39 is 0 Å². The molecule has 0 unspecified atom stereocenters. The van der Waals surface area contributed by atoms with Crippen LogP contribution in [0.2, 0.25) is 0 Å². The van der Waals surface area contributed by atoms with Crippen molar-refractivity contribution in [3.05, 3.63) is 62.0 Å². The molecule has 2 amide bonds. The minimum absolute atomic E-state index is 0.161. The molecule has 0 atom stereocenters. The van der Waals surface area contributed by atoms with E-state index in [0.717, 1.165) is 37.7 Å². The SMILES string of the molecule is Cc1cc(C)c(NC(=O)CNC(=O)c2cc(-c3cc(C)sc3C)nc3onc(C)c23)c(C)c1. The van der Waals surface area contributed by atoms with Crippen LogP contribution < -0.4 is 10.6 Å². The molecule has 0 bridgehead atoms. The number of pyridine rings is 1. The van der Waals surface area contributed by atoms with Crippen molar-refractivity contribution >= 4 is 39.9 Å². The van der Waals surface area contributed by atoms with E-state index in [1.807, 2.05) is 52.8 Å². The van der Waals surface area contributed by atoms with Crippen LogP contribution in [-0.4, -0.2) is 28.5 Å². The zero-order valence-electron chi connectivity index (χ0n) is 19.5.